The third-order valence-corrected chi connectivity index (χ3v) is 6.58. The van der Waals surface area contributed by atoms with Gasteiger partial charge in [-0.1, -0.05) is 51.9 Å². The minimum Gasteiger partial charge on any atom is -0.374 e. The zero-order valence-corrected chi connectivity index (χ0v) is 15.6. The molecule has 0 bridgehead atoms. The highest BCUT2D eigenvalue weighted by molar-refractivity contribution is 6.60. The highest BCUT2D eigenvalue weighted by atomic mass is 28.4. The molecule has 138 valence electrons. The lowest BCUT2D eigenvalue weighted by Gasteiger charge is -2.28. The Balaban J connectivity index is -0.00000180. The molecule has 0 spiro atoms. The van der Waals surface area contributed by atoms with Crippen LogP contribution in [0.3, 0.4) is 0 Å². The summed E-state index contributed by atoms with van der Waals surface area (Å²) in [5.41, 5.74) is 0. The number of rotatable bonds is 15. The first-order chi connectivity index (χ1) is 9.74. The fourth-order valence-corrected chi connectivity index (χ4v) is 5.16. The van der Waals surface area contributed by atoms with Crippen molar-refractivity contribution in [2.75, 3.05) is 19.8 Å². The number of hydrogen-bond donors (Lipinski definition) is 0. The Morgan fingerprint density at radius 2 is 0.955 bits per heavy atom. The Bertz CT molecular complexity index is 193. The van der Waals surface area contributed by atoms with Gasteiger partial charge < -0.3 is 13.3 Å². The second-order valence-corrected chi connectivity index (χ2v) is 7.94. The van der Waals surface area contributed by atoms with Gasteiger partial charge in [-0.3, -0.25) is 4.70 Å². The second-order valence-electron chi connectivity index (χ2n) is 5.21. The lowest BCUT2D eigenvalue weighted by Crippen LogP contribution is -2.45. The van der Waals surface area contributed by atoms with Crippen molar-refractivity contribution in [2.45, 2.75) is 85.1 Å². The fourth-order valence-electron chi connectivity index (χ4n) is 2.48. The van der Waals surface area contributed by atoms with E-state index in [4.69, 9.17) is 13.3 Å². The number of halogens is 1. The van der Waals surface area contributed by atoms with Crippen LogP contribution >= 0.6 is 0 Å². The zero-order chi connectivity index (χ0) is 15.1. The molecule has 6 heteroatoms. The molecule has 0 N–H and O–H groups in total. The minimum absolute atomic E-state index is 0. The molecule has 3 nitrogen and oxygen atoms in total. The van der Waals surface area contributed by atoms with Crippen molar-refractivity contribution in [3.05, 3.63) is 0 Å². The van der Waals surface area contributed by atoms with Gasteiger partial charge in [0.2, 0.25) is 0 Å². The quantitative estimate of drug-likeness (QED) is 0.329. The van der Waals surface area contributed by atoms with Gasteiger partial charge in [-0.15, -0.1) is 0 Å². The van der Waals surface area contributed by atoms with Gasteiger partial charge in [0.25, 0.3) is 0 Å². The van der Waals surface area contributed by atoms with Crippen molar-refractivity contribution in [1.29, 1.82) is 0 Å². The first-order valence-electron chi connectivity index (χ1n) is 8.66. The van der Waals surface area contributed by atoms with Crippen LogP contribution in [0.15, 0.2) is 0 Å². The molecule has 0 aromatic rings. The van der Waals surface area contributed by atoms with Crippen LogP contribution in [-0.2, 0) is 13.3 Å². The summed E-state index contributed by atoms with van der Waals surface area (Å²) in [5.74, 6) is 0. The van der Waals surface area contributed by atoms with E-state index in [1.807, 2.05) is 20.8 Å². The van der Waals surface area contributed by atoms with Crippen LogP contribution in [0, 0.1) is 0 Å². The van der Waals surface area contributed by atoms with Gasteiger partial charge in [0, 0.05) is 25.9 Å². The molecule has 0 rings (SSSR count). The van der Waals surface area contributed by atoms with Gasteiger partial charge in [-0.05, 0) is 38.2 Å². The predicted octanol–water partition coefficient (Wildman–Crippen LogP) is 3.88. The Morgan fingerprint density at radius 3 is 1.32 bits per heavy atom. The van der Waals surface area contributed by atoms with Gasteiger partial charge in [-0.2, -0.15) is 0 Å². The van der Waals surface area contributed by atoms with Crippen molar-refractivity contribution >= 4 is 19.8 Å². The summed E-state index contributed by atoms with van der Waals surface area (Å²) < 4.78 is 17.6. The highest BCUT2D eigenvalue weighted by Crippen LogP contribution is 2.20. The summed E-state index contributed by atoms with van der Waals surface area (Å²) in [4.78, 5) is 0. The van der Waals surface area contributed by atoms with Gasteiger partial charge in [0.05, 0.1) is 0 Å². The minimum atomic E-state index is -2.38. The molecule has 0 saturated heterocycles. The van der Waals surface area contributed by atoms with Gasteiger partial charge >= 0.3 is 8.80 Å². The topological polar surface area (TPSA) is 27.7 Å². The third-order valence-electron chi connectivity index (χ3n) is 3.43. The van der Waals surface area contributed by atoms with E-state index < -0.39 is 8.80 Å². The lowest BCUT2D eigenvalue weighted by molar-refractivity contribution is 0.0706. The molecule has 0 fully saturated rings. The standard InChI is InChI=1S/C16H36O3Si.FH.H4Si/c1-5-9-10-11-12-13-14-15-16-20(17-6-2,18-7-3)19-8-4;;/h5-16H2,1-4H3;1H;1H4. The summed E-state index contributed by atoms with van der Waals surface area (Å²) in [6.45, 7) is 10.4. The van der Waals surface area contributed by atoms with Crippen LogP contribution in [0.2, 0.25) is 6.04 Å². The van der Waals surface area contributed by atoms with Crippen molar-refractivity contribution in [3.63, 3.8) is 0 Å². The molecular weight excluding hydrogens is 315 g/mol. The van der Waals surface area contributed by atoms with Crippen molar-refractivity contribution in [3.8, 4) is 0 Å². The molecule has 0 aromatic heterocycles. The fraction of sp³-hybridized carbons (Fsp3) is 1.00. The molecule has 0 amide bonds. The number of unbranched alkanes of at least 4 members (excludes halogenated alkanes) is 7. The van der Waals surface area contributed by atoms with Crippen LogP contribution in [0.5, 0.6) is 0 Å². The molecule has 0 aliphatic heterocycles. The van der Waals surface area contributed by atoms with Crippen LogP contribution in [0.1, 0.15) is 79.1 Å². The molecular formula is C16H41FO3Si2. The summed E-state index contributed by atoms with van der Waals surface area (Å²) in [6, 6.07) is 0.970. The summed E-state index contributed by atoms with van der Waals surface area (Å²) in [6.07, 6.45) is 10.6. The molecule has 0 heterocycles. The summed E-state index contributed by atoms with van der Waals surface area (Å²) in [5, 5.41) is 0. The highest BCUT2D eigenvalue weighted by Gasteiger charge is 2.39. The predicted molar refractivity (Wildman–Crippen MR) is 102 cm³/mol. The first-order valence-corrected chi connectivity index (χ1v) is 10.6. The first kappa shape index (κ1) is 27.1. The van der Waals surface area contributed by atoms with Gasteiger partial charge in [-0.25, -0.2) is 0 Å². The van der Waals surface area contributed by atoms with E-state index in [0.717, 1.165) is 6.04 Å². The maximum absolute atomic E-state index is 5.86. The van der Waals surface area contributed by atoms with Crippen LogP contribution in [0.4, 0.5) is 4.70 Å². The molecule has 0 atom stereocenters. The van der Waals surface area contributed by atoms with Gasteiger partial charge in [0.15, 0.2) is 0 Å². The molecule has 0 saturated carbocycles. The normalized spacial score (nSPS) is 10.9. The third kappa shape index (κ3) is 13.9. The molecule has 0 aliphatic rings. The Morgan fingerprint density at radius 1 is 0.591 bits per heavy atom. The monoisotopic (exact) mass is 356 g/mol. The zero-order valence-electron chi connectivity index (χ0n) is 14.6. The van der Waals surface area contributed by atoms with Crippen molar-refractivity contribution < 1.29 is 18.0 Å². The SMILES string of the molecule is CCCCCCCCCC[Si](OCC)(OCC)OCC.F.[SiH4]. The lowest BCUT2D eigenvalue weighted by atomic mass is 10.1. The molecule has 0 aliphatic carbocycles. The van der Waals surface area contributed by atoms with Crippen molar-refractivity contribution in [1.82, 2.24) is 0 Å². The molecule has 0 radical (unpaired) electrons. The van der Waals surface area contributed by atoms with Crippen molar-refractivity contribution in [2.24, 2.45) is 0 Å². The largest absolute Gasteiger partial charge is 0.500 e. The van der Waals surface area contributed by atoms with E-state index in [1.54, 1.807) is 0 Å². The average molecular weight is 357 g/mol. The molecule has 0 aromatic carbocycles. The van der Waals surface area contributed by atoms with Crippen LogP contribution < -0.4 is 0 Å². The summed E-state index contributed by atoms with van der Waals surface area (Å²) >= 11 is 0. The van der Waals surface area contributed by atoms with E-state index in [2.05, 4.69) is 6.92 Å². The Hall–Kier alpha value is 0.244. The molecule has 0 unspecified atom stereocenters. The van der Waals surface area contributed by atoms with E-state index in [9.17, 15) is 0 Å². The maximum atomic E-state index is 5.86. The maximum Gasteiger partial charge on any atom is 0.500 e. The van der Waals surface area contributed by atoms with Gasteiger partial charge in [0.1, 0.15) is 0 Å². The number of hydrogen-bond acceptors (Lipinski definition) is 3. The van der Waals surface area contributed by atoms with Crippen LogP contribution in [0.25, 0.3) is 0 Å². The smallest absolute Gasteiger partial charge is 0.374 e. The Kier molecular flexibility index (Phi) is 23.8. The van der Waals surface area contributed by atoms with E-state index in [1.165, 1.54) is 51.4 Å². The van der Waals surface area contributed by atoms with E-state index in [0.29, 0.717) is 19.8 Å². The molecule has 22 heavy (non-hydrogen) atoms. The van der Waals surface area contributed by atoms with E-state index >= 15 is 0 Å². The van der Waals surface area contributed by atoms with Crippen LogP contribution in [-0.4, -0.2) is 39.6 Å². The second kappa shape index (κ2) is 19.3. The van der Waals surface area contributed by atoms with E-state index in [-0.39, 0.29) is 15.7 Å². The summed E-state index contributed by atoms with van der Waals surface area (Å²) in [7, 11) is -2.38. The average Bonchev–Trinajstić information content (AvgIpc) is 2.43. The Labute approximate surface area is 143 Å².